The van der Waals surface area contributed by atoms with Crippen molar-refractivity contribution in [3.05, 3.63) is 244 Å². The van der Waals surface area contributed by atoms with Crippen LogP contribution >= 0.6 is 23.2 Å². The summed E-state index contributed by atoms with van der Waals surface area (Å²) in [4.78, 5) is 107. The number of likely N-dealkylation sites (tertiary alicyclic amines) is 1. The number of amides is 4. The highest BCUT2D eigenvalue weighted by molar-refractivity contribution is 7.90. The summed E-state index contributed by atoms with van der Waals surface area (Å²) in [6.45, 7) is 21.4. The Kier molecular flexibility index (Phi) is 26.7. The number of fused-ring (bicyclic) bond motifs is 4. The monoisotopic (exact) mass is 1850 g/mol. The van der Waals surface area contributed by atoms with Crippen LogP contribution in [0.4, 0.5) is 22.7 Å². The van der Waals surface area contributed by atoms with E-state index >= 15 is 0 Å². The van der Waals surface area contributed by atoms with Gasteiger partial charge in [-0.15, -0.1) is 0 Å². The van der Waals surface area contributed by atoms with Gasteiger partial charge in [0.15, 0.2) is 0 Å². The van der Waals surface area contributed by atoms with E-state index < -0.39 is 51.5 Å². The molecule has 4 fully saturated rings. The number of benzene rings is 6. The zero-order valence-electron chi connectivity index (χ0n) is 74.3. The molecule has 0 radical (unpaired) electrons. The standard InChI is InChI=1S/C49H55ClN8O7S.C49H54ClN7O7S/c1-49(2)12-10-35(43(29-49)33-4-6-37(50)7-5-33)31-55-16-20-56(21-17-55)38-8-9-41(45(27-38)65-39-25-34-11-13-51-47(34)52-30-39)48(60)53-66(63,64)40-26-36-22-32(23-42(36)44(28-40)58(61)62)24-46(59)57-18-14-54(3)15-19-57;1-49(2)14-12-35(43(29-49)33-6-8-37(50)9-7-33)31-54-18-20-55(21-19-54)38-10-11-41(45(27-38)64-39-25-34-13-15-51-47(34)52-30-39)48(59)53-65(62,63)40-26-36-22-32(23-42(36)44(28-40)57(60)61)24-46(58)56-16-4-3-5-17-56/h4-9,11,13,25-28,30,32H,10,12,14-24,29,31H2,1-3H3,(H,51,52)(H,53,60);6-11,13,15,25-28,30,32H,3-5,12,14,16-24,29,31H2,1-2H3,(H,51,52)(H,53,59)/t2*32-/m00/s1. The van der Waals surface area contributed by atoms with Crippen LogP contribution in [-0.4, -0.2) is 207 Å². The smallest absolute Gasteiger partial charge is 0.274 e. The zero-order chi connectivity index (χ0) is 91.8. The third-order valence-corrected chi connectivity index (χ3v) is 30.4. The molecule has 0 bridgehead atoms. The topological polar surface area (TPSA) is 345 Å². The van der Waals surface area contributed by atoms with Crippen LogP contribution in [0.3, 0.4) is 0 Å². The molecule has 0 spiro atoms. The lowest BCUT2D eigenvalue weighted by Gasteiger charge is -2.39. The molecular formula is C98H109Cl2N15O14S2. The van der Waals surface area contributed by atoms with Crippen molar-refractivity contribution in [2.75, 3.05) is 122 Å². The Morgan fingerprint density at radius 1 is 0.496 bits per heavy atom. The van der Waals surface area contributed by atoms with Crippen molar-refractivity contribution in [2.24, 2.45) is 22.7 Å². The third kappa shape index (κ3) is 21.3. The average molecular weight is 1860 g/mol. The van der Waals surface area contributed by atoms with Gasteiger partial charge in [0.2, 0.25) is 11.8 Å². The number of nitro benzene ring substituents is 2. The molecule has 4 aliphatic heterocycles. The summed E-state index contributed by atoms with van der Waals surface area (Å²) in [6.07, 6.45) is 17.6. The van der Waals surface area contributed by atoms with E-state index in [1.165, 1.54) is 57.9 Å². The number of hydrogen-bond acceptors (Lipinski definition) is 21. The predicted octanol–water partition coefficient (Wildman–Crippen LogP) is 16.6. The van der Waals surface area contributed by atoms with E-state index in [0.717, 1.165) is 168 Å². The first kappa shape index (κ1) is 91.3. The van der Waals surface area contributed by atoms with Crippen molar-refractivity contribution >= 4 is 123 Å². The average Bonchev–Trinajstić information content (AvgIpc) is 1.69. The molecule has 686 valence electrons. The highest BCUT2D eigenvalue weighted by atomic mass is 35.5. The number of aromatic nitrogens is 4. The van der Waals surface area contributed by atoms with E-state index in [1.54, 1.807) is 60.9 Å². The van der Waals surface area contributed by atoms with Gasteiger partial charge in [-0.3, -0.25) is 49.2 Å². The summed E-state index contributed by atoms with van der Waals surface area (Å²) >= 11 is 12.5. The second-order valence-corrected chi connectivity index (χ2v) is 42.0. The number of rotatable bonds is 24. The van der Waals surface area contributed by atoms with E-state index in [2.05, 4.69) is 106 Å². The van der Waals surface area contributed by atoms with Crippen LogP contribution in [0.15, 0.2) is 179 Å². The van der Waals surface area contributed by atoms with Crippen molar-refractivity contribution in [1.29, 1.82) is 0 Å². The number of likely N-dealkylation sites (N-methyl/N-ethyl adjacent to an activating group) is 1. The number of carbonyl (C=O) groups excluding carboxylic acids is 4. The molecule has 6 aromatic carbocycles. The van der Waals surface area contributed by atoms with Crippen LogP contribution in [0.1, 0.15) is 152 Å². The van der Waals surface area contributed by atoms with Gasteiger partial charge in [0.05, 0.1) is 43.2 Å². The maximum atomic E-state index is 14.1. The first-order valence-electron chi connectivity index (χ1n) is 45.1. The van der Waals surface area contributed by atoms with Gasteiger partial charge in [-0.2, -0.15) is 0 Å². The number of pyridine rings is 2. The SMILES string of the molecule is CC1(C)CCC(CN2CCN(c3ccc(C(=O)NS(=O)(=O)c4cc5c(c([N+](=O)[O-])c4)C[C@@H](CC(=O)N4CCCCC4)C5)c(Oc4cnc5[nH]ccc5c4)c3)CC2)=C(c2ccc(Cl)cc2)C1.CN1CCN(C(=O)C[C@H]2Cc3cc(S(=O)(=O)NC(=O)c4ccc(N5CCN(CC6=C(c7ccc(Cl)cc7)CC(C)(C)CC6)CC5)cc4Oc4cnc5[nH]ccc5c4)cc([N+](=O)[O-])c3C2)CC1. The van der Waals surface area contributed by atoms with Crippen LogP contribution in [0.5, 0.6) is 23.0 Å². The van der Waals surface area contributed by atoms with Gasteiger partial charge in [-0.25, -0.2) is 36.2 Å². The summed E-state index contributed by atoms with van der Waals surface area (Å²) in [7, 11) is -7.22. The molecular weight excluding hydrogens is 1750 g/mol. The fraction of sp³-hybridized carbons (Fsp3) is 0.408. The van der Waals surface area contributed by atoms with Gasteiger partial charge >= 0.3 is 0 Å². The molecule has 4 N–H and O–H groups in total. The number of hydrogen-bond donors (Lipinski definition) is 4. The molecule has 0 saturated carbocycles. The Bertz CT molecular complexity index is 6390. The molecule has 8 aliphatic rings. The van der Waals surface area contributed by atoms with Crippen LogP contribution in [0.2, 0.25) is 10.0 Å². The van der Waals surface area contributed by atoms with Crippen molar-refractivity contribution < 1.29 is 55.3 Å². The third-order valence-electron chi connectivity index (χ3n) is 27.2. The largest absolute Gasteiger partial charge is 0.455 e. The molecule has 10 aromatic rings. The first-order chi connectivity index (χ1) is 62.7. The second-order valence-electron chi connectivity index (χ2n) is 37.8. The molecule has 2 atom stereocenters. The maximum Gasteiger partial charge on any atom is 0.274 e. The Hall–Kier alpha value is -11.6. The number of nitrogens with zero attached hydrogens (tertiary/aromatic N) is 11. The molecule has 29 nitrogen and oxygen atoms in total. The molecule has 4 saturated heterocycles. The lowest BCUT2D eigenvalue weighted by Crippen LogP contribution is -2.47. The Morgan fingerprint density at radius 3 is 1.31 bits per heavy atom. The number of allylic oxidation sites excluding steroid dienone is 2. The van der Waals surface area contributed by atoms with Gasteiger partial charge < -0.3 is 43.9 Å². The number of nitro groups is 2. The number of aromatic amines is 2. The van der Waals surface area contributed by atoms with Gasteiger partial charge in [-0.1, -0.05) is 86.3 Å². The number of halogens is 2. The number of H-pyrrole nitrogens is 2. The van der Waals surface area contributed by atoms with E-state index in [0.29, 0.717) is 104 Å². The Balaban J connectivity index is 0.000000183. The molecule has 131 heavy (non-hydrogen) atoms. The van der Waals surface area contributed by atoms with Crippen molar-refractivity contribution in [3.63, 3.8) is 0 Å². The molecule has 18 rings (SSSR count). The lowest BCUT2D eigenvalue weighted by molar-refractivity contribution is -0.385. The fourth-order valence-corrected chi connectivity index (χ4v) is 22.2. The van der Waals surface area contributed by atoms with Crippen molar-refractivity contribution in [3.8, 4) is 23.0 Å². The highest BCUT2D eigenvalue weighted by Crippen LogP contribution is 2.47. The van der Waals surface area contributed by atoms with Gasteiger partial charge in [0.1, 0.15) is 34.3 Å². The molecule has 4 aliphatic carbocycles. The van der Waals surface area contributed by atoms with E-state index in [4.69, 9.17) is 32.7 Å². The first-order valence-corrected chi connectivity index (χ1v) is 48.8. The summed E-state index contributed by atoms with van der Waals surface area (Å²) < 4.78 is 73.0. The van der Waals surface area contributed by atoms with Crippen LogP contribution < -0.4 is 28.7 Å². The number of carbonyl (C=O) groups is 4. The van der Waals surface area contributed by atoms with Crippen molar-refractivity contribution in [2.45, 2.75) is 134 Å². The number of sulfonamides is 2. The quantitative estimate of drug-likeness (QED) is 0.0322. The number of piperidine rings is 1. The summed E-state index contributed by atoms with van der Waals surface area (Å²) in [5.41, 5.74) is 12.6. The summed E-state index contributed by atoms with van der Waals surface area (Å²) in [5.74, 6) is -1.39. The number of nitrogens with one attached hydrogen (secondary N) is 4. The molecule has 0 unspecified atom stereocenters. The Labute approximate surface area is 772 Å². The molecule has 4 amide bonds. The summed E-state index contributed by atoms with van der Waals surface area (Å²) in [6, 6.07) is 38.5. The van der Waals surface area contributed by atoms with Gasteiger partial charge in [0.25, 0.3) is 43.2 Å². The van der Waals surface area contributed by atoms with E-state index in [1.807, 2.05) is 53.2 Å². The number of anilines is 2. The van der Waals surface area contributed by atoms with Crippen LogP contribution in [0.25, 0.3) is 33.2 Å². The van der Waals surface area contributed by atoms with Gasteiger partial charge in [-0.05, 0) is 232 Å². The number of piperazine rings is 3. The van der Waals surface area contributed by atoms with Gasteiger partial charge in [0, 0.05) is 198 Å². The Morgan fingerprint density at radius 2 is 0.901 bits per heavy atom. The predicted molar refractivity (Wildman–Crippen MR) is 506 cm³/mol. The lowest BCUT2D eigenvalue weighted by atomic mass is 9.72. The van der Waals surface area contributed by atoms with E-state index in [9.17, 15) is 56.2 Å². The molecule has 4 aromatic heterocycles. The maximum absolute atomic E-state index is 14.1. The van der Waals surface area contributed by atoms with E-state index in [-0.39, 0.29) is 87.7 Å². The van der Waals surface area contributed by atoms with Crippen LogP contribution in [-0.2, 0) is 55.3 Å². The van der Waals surface area contributed by atoms with Crippen LogP contribution in [0, 0.1) is 42.9 Å². The summed E-state index contributed by atoms with van der Waals surface area (Å²) in [5, 5.41) is 27.7. The van der Waals surface area contributed by atoms with Crippen molar-refractivity contribution in [1.82, 2.24) is 53.9 Å². The molecule has 33 heteroatoms. The minimum atomic E-state index is -4.62. The minimum absolute atomic E-state index is 0.0140. The highest BCUT2D eigenvalue weighted by Gasteiger charge is 2.40. The zero-order valence-corrected chi connectivity index (χ0v) is 77.4. The molecule has 8 heterocycles. The second kappa shape index (κ2) is 38.3. The fourth-order valence-electron chi connectivity index (χ4n) is 19.9. The minimum Gasteiger partial charge on any atom is -0.455 e. The normalized spacial score (nSPS) is 19.1. The number of ether oxygens (including phenoxy) is 2.